The molecule has 2 atom stereocenters. The fourth-order valence-corrected chi connectivity index (χ4v) is 1.78. The summed E-state index contributed by atoms with van der Waals surface area (Å²) >= 11 is 3.40. The van der Waals surface area contributed by atoms with Gasteiger partial charge in [-0.1, -0.05) is 28.1 Å². The largest absolute Gasteiger partial charge is 0.358 e. The number of hydrogen-bond acceptors (Lipinski definition) is 2. The van der Waals surface area contributed by atoms with Gasteiger partial charge in [-0.15, -0.1) is 0 Å². The molecule has 88 valence electrons. The molecule has 0 spiro atoms. The minimum Gasteiger partial charge on any atom is -0.358 e. The number of likely N-dealkylation sites (N-methyl/N-ethyl adjacent to an activating group) is 1. The average molecular weight is 285 g/mol. The number of amides is 1. The lowest BCUT2D eigenvalue weighted by Crippen LogP contribution is -2.41. The Kier molecular flexibility index (Phi) is 4.96. The van der Waals surface area contributed by atoms with E-state index in [1.165, 1.54) is 5.56 Å². The van der Waals surface area contributed by atoms with Gasteiger partial charge in [-0.25, -0.2) is 0 Å². The minimum absolute atomic E-state index is 0.00367. The van der Waals surface area contributed by atoms with Crippen molar-refractivity contribution >= 4 is 21.8 Å². The lowest BCUT2D eigenvalue weighted by Gasteiger charge is -2.19. The van der Waals surface area contributed by atoms with E-state index in [1.807, 2.05) is 38.1 Å². The molecule has 1 rings (SSSR count). The van der Waals surface area contributed by atoms with Gasteiger partial charge in [-0.2, -0.15) is 0 Å². The molecule has 2 N–H and O–H groups in total. The van der Waals surface area contributed by atoms with Crippen molar-refractivity contribution in [2.75, 3.05) is 7.05 Å². The molecule has 0 saturated heterocycles. The lowest BCUT2D eigenvalue weighted by atomic mass is 10.1. The van der Waals surface area contributed by atoms with Gasteiger partial charge in [0.25, 0.3) is 0 Å². The van der Waals surface area contributed by atoms with E-state index in [9.17, 15) is 4.79 Å². The van der Waals surface area contributed by atoms with Gasteiger partial charge in [0.15, 0.2) is 0 Å². The Labute approximate surface area is 105 Å². The molecule has 1 aromatic rings. The molecule has 0 bridgehead atoms. The molecule has 3 nitrogen and oxygen atoms in total. The summed E-state index contributed by atoms with van der Waals surface area (Å²) in [7, 11) is 1.64. The number of carbonyl (C=O) groups excluding carboxylic acids is 1. The smallest absolute Gasteiger partial charge is 0.236 e. The van der Waals surface area contributed by atoms with Gasteiger partial charge in [0.2, 0.25) is 5.91 Å². The first-order chi connectivity index (χ1) is 7.54. The highest BCUT2D eigenvalue weighted by Crippen LogP contribution is 2.16. The van der Waals surface area contributed by atoms with Crippen molar-refractivity contribution in [2.24, 2.45) is 0 Å². The van der Waals surface area contributed by atoms with Gasteiger partial charge in [-0.05, 0) is 31.5 Å². The van der Waals surface area contributed by atoms with Crippen molar-refractivity contribution < 1.29 is 4.79 Å². The van der Waals surface area contributed by atoms with E-state index in [0.717, 1.165) is 4.47 Å². The number of nitrogens with one attached hydrogen (secondary N) is 2. The Hall–Kier alpha value is -0.870. The highest BCUT2D eigenvalue weighted by atomic mass is 79.9. The summed E-state index contributed by atoms with van der Waals surface area (Å²) in [6.07, 6.45) is 0. The summed E-state index contributed by atoms with van der Waals surface area (Å²) < 4.78 is 1.06. The highest BCUT2D eigenvalue weighted by Gasteiger charge is 2.14. The van der Waals surface area contributed by atoms with Crippen molar-refractivity contribution in [3.05, 3.63) is 34.3 Å². The highest BCUT2D eigenvalue weighted by molar-refractivity contribution is 9.10. The summed E-state index contributed by atoms with van der Waals surface area (Å²) in [5.41, 5.74) is 1.17. The number of benzene rings is 1. The molecule has 0 aliphatic rings. The van der Waals surface area contributed by atoms with Gasteiger partial charge in [0.05, 0.1) is 6.04 Å². The standard InChI is InChI=1S/C12H17BrN2O/c1-8(15-9(2)12(16)14-3)10-4-6-11(13)7-5-10/h4-9,15H,1-3H3,(H,14,16). The van der Waals surface area contributed by atoms with Crippen LogP contribution in [-0.4, -0.2) is 19.0 Å². The van der Waals surface area contributed by atoms with Crippen LogP contribution in [0.3, 0.4) is 0 Å². The summed E-state index contributed by atoms with van der Waals surface area (Å²) in [5, 5.41) is 5.86. The molecule has 1 aromatic carbocycles. The van der Waals surface area contributed by atoms with E-state index >= 15 is 0 Å². The van der Waals surface area contributed by atoms with E-state index in [-0.39, 0.29) is 18.0 Å². The Morgan fingerprint density at radius 2 is 1.81 bits per heavy atom. The molecule has 16 heavy (non-hydrogen) atoms. The fourth-order valence-electron chi connectivity index (χ4n) is 1.51. The van der Waals surface area contributed by atoms with E-state index < -0.39 is 0 Å². The van der Waals surface area contributed by atoms with Crippen LogP contribution in [-0.2, 0) is 4.79 Å². The van der Waals surface area contributed by atoms with Crippen LogP contribution in [0.25, 0.3) is 0 Å². The van der Waals surface area contributed by atoms with Crippen LogP contribution in [0, 0.1) is 0 Å². The van der Waals surface area contributed by atoms with Gasteiger partial charge in [0.1, 0.15) is 0 Å². The Bertz CT molecular complexity index is 351. The maximum atomic E-state index is 11.4. The van der Waals surface area contributed by atoms with Crippen molar-refractivity contribution in [1.29, 1.82) is 0 Å². The zero-order valence-electron chi connectivity index (χ0n) is 9.75. The predicted molar refractivity (Wildman–Crippen MR) is 69.2 cm³/mol. The topological polar surface area (TPSA) is 41.1 Å². The second-order valence-electron chi connectivity index (χ2n) is 3.78. The van der Waals surface area contributed by atoms with Crippen molar-refractivity contribution in [2.45, 2.75) is 25.9 Å². The van der Waals surface area contributed by atoms with Crippen LogP contribution in [0.5, 0.6) is 0 Å². The molecule has 0 saturated carbocycles. The quantitative estimate of drug-likeness (QED) is 0.890. The van der Waals surface area contributed by atoms with E-state index in [1.54, 1.807) is 7.05 Å². The molecule has 0 fully saturated rings. The minimum atomic E-state index is -0.191. The third-order valence-corrected chi connectivity index (χ3v) is 3.04. The first-order valence-corrected chi connectivity index (χ1v) is 6.07. The van der Waals surface area contributed by atoms with Crippen LogP contribution in [0.15, 0.2) is 28.7 Å². The summed E-state index contributed by atoms with van der Waals surface area (Å²) in [6, 6.07) is 8.04. The Morgan fingerprint density at radius 3 is 2.31 bits per heavy atom. The summed E-state index contributed by atoms with van der Waals surface area (Å²) in [4.78, 5) is 11.4. The second-order valence-corrected chi connectivity index (χ2v) is 4.69. The maximum absolute atomic E-state index is 11.4. The number of hydrogen-bond donors (Lipinski definition) is 2. The summed E-state index contributed by atoms with van der Waals surface area (Å²) in [6.45, 7) is 3.90. The van der Waals surface area contributed by atoms with Crippen LogP contribution < -0.4 is 10.6 Å². The molecular weight excluding hydrogens is 268 g/mol. The number of rotatable bonds is 4. The molecule has 0 radical (unpaired) electrons. The number of halogens is 1. The van der Waals surface area contributed by atoms with Gasteiger partial charge < -0.3 is 5.32 Å². The monoisotopic (exact) mass is 284 g/mol. The molecule has 0 heterocycles. The molecule has 0 aliphatic heterocycles. The van der Waals surface area contributed by atoms with Crippen LogP contribution >= 0.6 is 15.9 Å². The molecule has 0 aromatic heterocycles. The first-order valence-electron chi connectivity index (χ1n) is 5.27. The molecule has 0 aliphatic carbocycles. The zero-order chi connectivity index (χ0) is 12.1. The van der Waals surface area contributed by atoms with Crippen LogP contribution in [0.4, 0.5) is 0 Å². The Balaban J connectivity index is 2.61. The third-order valence-electron chi connectivity index (χ3n) is 2.51. The van der Waals surface area contributed by atoms with Crippen molar-refractivity contribution in [3.8, 4) is 0 Å². The maximum Gasteiger partial charge on any atom is 0.236 e. The van der Waals surface area contributed by atoms with Gasteiger partial charge >= 0.3 is 0 Å². The molecular formula is C12H17BrN2O. The zero-order valence-corrected chi connectivity index (χ0v) is 11.3. The first kappa shape index (κ1) is 13.2. The Morgan fingerprint density at radius 1 is 1.25 bits per heavy atom. The second kappa shape index (κ2) is 6.01. The third kappa shape index (κ3) is 3.61. The normalized spacial score (nSPS) is 14.2. The number of carbonyl (C=O) groups is 1. The van der Waals surface area contributed by atoms with Crippen LogP contribution in [0.2, 0.25) is 0 Å². The van der Waals surface area contributed by atoms with Gasteiger partial charge in [0, 0.05) is 17.6 Å². The lowest BCUT2D eigenvalue weighted by molar-refractivity contribution is -0.122. The van der Waals surface area contributed by atoms with Gasteiger partial charge in [-0.3, -0.25) is 10.1 Å². The van der Waals surface area contributed by atoms with E-state index in [2.05, 4.69) is 26.6 Å². The van der Waals surface area contributed by atoms with E-state index in [0.29, 0.717) is 0 Å². The van der Waals surface area contributed by atoms with E-state index in [4.69, 9.17) is 0 Å². The molecule has 1 amide bonds. The van der Waals surface area contributed by atoms with Crippen molar-refractivity contribution in [1.82, 2.24) is 10.6 Å². The molecule has 2 unspecified atom stereocenters. The SMILES string of the molecule is CNC(=O)C(C)NC(C)c1ccc(Br)cc1. The fraction of sp³-hybridized carbons (Fsp3) is 0.417. The summed E-state index contributed by atoms with van der Waals surface area (Å²) in [5.74, 6) is 0.00367. The average Bonchev–Trinajstić information content (AvgIpc) is 2.28. The van der Waals surface area contributed by atoms with Crippen molar-refractivity contribution in [3.63, 3.8) is 0 Å². The predicted octanol–water partition coefficient (Wildman–Crippen LogP) is 2.23. The van der Waals surface area contributed by atoms with Crippen LogP contribution in [0.1, 0.15) is 25.5 Å². The molecule has 4 heteroatoms.